The van der Waals surface area contributed by atoms with E-state index in [-0.39, 0.29) is 12.4 Å². The molecule has 4 heteroatoms. The largest absolute Gasteiger partial charge is 0.435 e. The van der Waals surface area contributed by atoms with Crippen LogP contribution in [0.1, 0.15) is 56.4 Å². The molecule has 2 aromatic carbocycles. The van der Waals surface area contributed by atoms with Crippen LogP contribution in [0.15, 0.2) is 60.7 Å². The summed E-state index contributed by atoms with van der Waals surface area (Å²) in [5, 5.41) is 0. The van der Waals surface area contributed by atoms with E-state index in [0.717, 1.165) is 23.5 Å². The Labute approximate surface area is 171 Å². The third kappa shape index (κ3) is 6.66. The summed E-state index contributed by atoms with van der Waals surface area (Å²) in [6.07, 6.45) is 11.8. The minimum Gasteiger partial charge on any atom is -0.435 e. The lowest BCUT2D eigenvalue weighted by atomic mass is 9.77. The lowest BCUT2D eigenvalue weighted by molar-refractivity contribution is -0.0498. The summed E-state index contributed by atoms with van der Waals surface area (Å²) in [5.41, 5.74) is 3.45. The van der Waals surface area contributed by atoms with E-state index in [4.69, 9.17) is 0 Å². The fourth-order valence-electron chi connectivity index (χ4n) is 4.19. The molecule has 1 fully saturated rings. The maximum absolute atomic E-state index is 12.3. The van der Waals surface area contributed by atoms with Crippen molar-refractivity contribution in [3.63, 3.8) is 0 Å². The maximum atomic E-state index is 12.3. The molecule has 1 nitrogen and oxygen atoms in total. The maximum Gasteiger partial charge on any atom is 0.387 e. The SMILES string of the molecule is FCCC=CCC[C@H]1CC[C@H](c2ccc(-c3ccc(OC(F)F)cc3)cc2)CC1. The van der Waals surface area contributed by atoms with Crippen LogP contribution >= 0.6 is 0 Å². The van der Waals surface area contributed by atoms with Crippen LogP contribution in [0.2, 0.25) is 0 Å². The van der Waals surface area contributed by atoms with Gasteiger partial charge < -0.3 is 4.74 Å². The first-order valence-electron chi connectivity index (χ1n) is 10.5. The number of benzene rings is 2. The van der Waals surface area contributed by atoms with E-state index in [9.17, 15) is 13.2 Å². The van der Waals surface area contributed by atoms with Gasteiger partial charge in [-0.25, -0.2) is 0 Å². The van der Waals surface area contributed by atoms with Crippen LogP contribution in [0.25, 0.3) is 11.1 Å². The zero-order chi connectivity index (χ0) is 20.5. The van der Waals surface area contributed by atoms with Crippen molar-refractivity contribution < 1.29 is 17.9 Å². The Morgan fingerprint density at radius 2 is 1.41 bits per heavy atom. The van der Waals surface area contributed by atoms with Gasteiger partial charge in [-0.15, -0.1) is 0 Å². The van der Waals surface area contributed by atoms with E-state index in [1.807, 2.05) is 6.08 Å². The zero-order valence-electron chi connectivity index (χ0n) is 16.7. The molecule has 0 N–H and O–H groups in total. The third-order valence-electron chi connectivity index (χ3n) is 5.83. The predicted octanol–water partition coefficient (Wildman–Crippen LogP) is 7.92. The van der Waals surface area contributed by atoms with Gasteiger partial charge in [-0.1, -0.05) is 48.6 Å². The highest BCUT2D eigenvalue weighted by Crippen LogP contribution is 2.38. The van der Waals surface area contributed by atoms with E-state index < -0.39 is 6.61 Å². The predicted molar refractivity (Wildman–Crippen MR) is 112 cm³/mol. The van der Waals surface area contributed by atoms with Gasteiger partial charge in [0.05, 0.1) is 6.67 Å². The summed E-state index contributed by atoms with van der Waals surface area (Å²) in [4.78, 5) is 0. The molecule has 0 radical (unpaired) electrons. The monoisotopic (exact) mass is 402 g/mol. The van der Waals surface area contributed by atoms with Crippen LogP contribution in [-0.2, 0) is 0 Å². The molecule has 0 aliphatic heterocycles. The van der Waals surface area contributed by atoms with Gasteiger partial charge in [0, 0.05) is 0 Å². The van der Waals surface area contributed by atoms with Gasteiger partial charge in [-0.05, 0) is 85.6 Å². The average molecular weight is 403 g/mol. The molecule has 0 saturated heterocycles. The molecule has 0 atom stereocenters. The number of hydrogen-bond donors (Lipinski definition) is 0. The van der Waals surface area contributed by atoms with Crippen molar-refractivity contribution in [1.29, 1.82) is 0 Å². The fraction of sp³-hybridized carbons (Fsp3) is 0.440. The minimum absolute atomic E-state index is 0.176. The summed E-state index contributed by atoms with van der Waals surface area (Å²) >= 11 is 0. The van der Waals surface area contributed by atoms with E-state index in [1.54, 1.807) is 24.3 Å². The van der Waals surface area contributed by atoms with E-state index in [2.05, 4.69) is 35.1 Å². The van der Waals surface area contributed by atoms with E-state index in [1.165, 1.54) is 37.7 Å². The molecule has 0 aromatic heterocycles. The summed E-state index contributed by atoms with van der Waals surface area (Å²) in [5.74, 6) is 1.58. The molecular weight excluding hydrogens is 373 g/mol. The van der Waals surface area contributed by atoms with Gasteiger partial charge >= 0.3 is 6.61 Å². The Morgan fingerprint density at radius 1 is 0.828 bits per heavy atom. The van der Waals surface area contributed by atoms with Crippen molar-refractivity contribution in [2.75, 3.05) is 6.67 Å². The average Bonchev–Trinajstić information content (AvgIpc) is 2.74. The Hall–Kier alpha value is -2.23. The number of rotatable bonds is 9. The van der Waals surface area contributed by atoms with Crippen molar-refractivity contribution in [1.82, 2.24) is 0 Å². The third-order valence-corrected chi connectivity index (χ3v) is 5.83. The van der Waals surface area contributed by atoms with Gasteiger partial charge in [-0.2, -0.15) is 8.78 Å². The van der Waals surface area contributed by atoms with Crippen molar-refractivity contribution in [2.24, 2.45) is 5.92 Å². The molecule has 0 amide bonds. The van der Waals surface area contributed by atoms with Gasteiger partial charge in [0.15, 0.2) is 0 Å². The smallest absolute Gasteiger partial charge is 0.387 e. The van der Waals surface area contributed by atoms with Gasteiger partial charge in [-0.3, -0.25) is 4.39 Å². The van der Waals surface area contributed by atoms with E-state index >= 15 is 0 Å². The van der Waals surface area contributed by atoms with Crippen LogP contribution in [-0.4, -0.2) is 13.3 Å². The Morgan fingerprint density at radius 3 is 2.00 bits per heavy atom. The molecular formula is C25H29F3O. The quantitative estimate of drug-likeness (QED) is 0.387. The molecule has 1 saturated carbocycles. The molecule has 3 rings (SSSR count). The molecule has 1 aliphatic rings. The highest BCUT2D eigenvalue weighted by atomic mass is 19.3. The number of ether oxygens (including phenoxy) is 1. The summed E-state index contributed by atoms with van der Waals surface area (Å²) in [6.45, 7) is -3.06. The van der Waals surface area contributed by atoms with Crippen molar-refractivity contribution in [3.8, 4) is 16.9 Å². The first kappa shape index (κ1) is 21.5. The highest BCUT2D eigenvalue weighted by Gasteiger charge is 2.21. The van der Waals surface area contributed by atoms with E-state index in [0.29, 0.717) is 12.3 Å². The molecule has 0 unspecified atom stereocenters. The van der Waals surface area contributed by atoms with Crippen LogP contribution in [0, 0.1) is 5.92 Å². The van der Waals surface area contributed by atoms with Crippen LogP contribution in [0.3, 0.4) is 0 Å². The Bertz CT molecular complexity index is 745. The second-order valence-electron chi connectivity index (χ2n) is 7.77. The summed E-state index contributed by atoms with van der Waals surface area (Å²) < 4.78 is 41.0. The summed E-state index contributed by atoms with van der Waals surface area (Å²) in [7, 11) is 0. The van der Waals surface area contributed by atoms with Crippen molar-refractivity contribution in [3.05, 3.63) is 66.2 Å². The molecule has 0 heterocycles. The summed E-state index contributed by atoms with van der Waals surface area (Å²) in [6, 6.07) is 15.4. The first-order chi connectivity index (χ1) is 14.2. The van der Waals surface area contributed by atoms with Gasteiger partial charge in [0.2, 0.25) is 0 Å². The van der Waals surface area contributed by atoms with Crippen LogP contribution in [0.4, 0.5) is 13.2 Å². The van der Waals surface area contributed by atoms with Crippen molar-refractivity contribution in [2.45, 2.75) is 57.5 Å². The molecule has 29 heavy (non-hydrogen) atoms. The number of allylic oxidation sites excluding steroid dienone is 2. The molecule has 2 aromatic rings. The number of halogens is 3. The van der Waals surface area contributed by atoms with Crippen molar-refractivity contribution >= 4 is 0 Å². The van der Waals surface area contributed by atoms with Gasteiger partial charge in [0.25, 0.3) is 0 Å². The number of alkyl halides is 3. The molecule has 0 spiro atoms. The Balaban J connectivity index is 1.49. The lowest BCUT2D eigenvalue weighted by Crippen LogP contribution is -2.13. The second kappa shape index (κ2) is 11.1. The standard InChI is InChI=1S/C25H29F3O/c26-18-4-2-1-3-5-19-6-8-20(9-7-19)21-10-12-22(13-11-21)23-14-16-24(17-15-23)29-25(27)28/h1-2,10-17,19-20,25H,3-9,18H2/t19-,20-. The molecule has 156 valence electrons. The zero-order valence-corrected chi connectivity index (χ0v) is 16.7. The molecule has 0 bridgehead atoms. The minimum atomic E-state index is -2.80. The van der Waals surface area contributed by atoms with Crippen LogP contribution < -0.4 is 4.74 Å². The topological polar surface area (TPSA) is 9.23 Å². The highest BCUT2D eigenvalue weighted by molar-refractivity contribution is 5.64. The first-order valence-corrected chi connectivity index (χ1v) is 10.5. The van der Waals surface area contributed by atoms with Crippen LogP contribution in [0.5, 0.6) is 5.75 Å². The Kier molecular flexibility index (Phi) is 8.21. The van der Waals surface area contributed by atoms with Gasteiger partial charge in [0.1, 0.15) is 5.75 Å². The number of hydrogen-bond acceptors (Lipinski definition) is 1. The molecule has 1 aliphatic carbocycles. The lowest BCUT2D eigenvalue weighted by Gasteiger charge is -2.28. The second-order valence-corrected chi connectivity index (χ2v) is 7.77. The normalized spacial score (nSPS) is 19.7. The fourth-order valence-corrected chi connectivity index (χ4v) is 4.19.